The van der Waals surface area contributed by atoms with Crippen LogP contribution in [0.2, 0.25) is 0 Å². The molecule has 10 heteroatoms. The highest BCUT2D eigenvalue weighted by molar-refractivity contribution is 6.00. The van der Waals surface area contributed by atoms with E-state index in [2.05, 4.69) is 20.6 Å². The molecule has 1 aliphatic heterocycles. The van der Waals surface area contributed by atoms with E-state index < -0.39 is 0 Å². The lowest BCUT2D eigenvalue weighted by molar-refractivity contribution is 0.0951. The first-order valence-corrected chi connectivity index (χ1v) is 10.9. The minimum atomic E-state index is -0.309. The van der Waals surface area contributed by atoms with Gasteiger partial charge in [0.1, 0.15) is 23.7 Å². The van der Waals surface area contributed by atoms with Gasteiger partial charge in [0.25, 0.3) is 5.91 Å². The van der Waals surface area contributed by atoms with Gasteiger partial charge in [0.05, 0.1) is 11.4 Å². The lowest BCUT2D eigenvalue weighted by Crippen LogP contribution is -2.32. The summed E-state index contributed by atoms with van der Waals surface area (Å²) < 4.78 is 15.0. The third-order valence-corrected chi connectivity index (χ3v) is 5.90. The fourth-order valence-corrected chi connectivity index (χ4v) is 4.19. The van der Waals surface area contributed by atoms with Crippen LogP contribution in [-0.2, 0) is 6.54 Å². The van der Waals surface area contributed by atoms with Gasteiger partial charge in [0, 0.05) is 24.2 Å². The first kappa shape index (κ1) is 23.6. The van der Waals surface area contributed by atoms with Crippen molar-refractivity contribution in [1.82, 2.24) is 30.4 Å². The summed E-state index contributed by atoms with van der Waals surface area (Å²) in [6.07, 6.45) is 3.51. The quantitative estimate of drug-likeness (QED) is 0.402. The molecule has 0 bridgehead atoms. The number of piperidine rings is 1. The zero-order chi connectivity index (χ0) is 22.8. The Labute approximate surface area is 202 Å². The largest absolute Gasteiger partial charge is 0.383 e. The van der Waals surface area contributed by atoms with E-state index in [4.69, 9.17) is 10.8 Å². The number of aromatic nitrogens is 4. The van der Waals surface area contributed by atoms with Gasteiger partial charge in [-0.15, -0.1) is 12.4 Å². The van der Waals surface area contributed by atoms with Gasteiger partial charge in [-0.1, -0.05) is 24.3 Å². The van der Waals surface area contributed by atoms with E-state index in [1.54, 1.807) is 24.3 Å². The van der Waals surface area contributed by atoms with E-state index in [-0.39, 0.29) is 30.2 Å². The van der Waals surface area contributed by atoms with Crippen LogP contribution in [0.15, 0.2) is 54.9 Å². The zero-order valence-electron chi connectivity index (χ0n) is 18.4. The maximum atomic E-state index is 13.1. The number of carbonyl (C=O) groups is 1. The minimum Gasteiger partial charge on any atom is -0.383 e. The van der Waals surface area contributed by atoms with Crippen LogP contribution in [0.1, 0.15) is 34.8 Å². The van der Waals surface area contributed by atoms with E-state index in [1.807, 2.05) is 16.8 Å². The Morgan fingerprint density at radius 1 is 1.21 bits per heavy atom. The van der Waals surface area contributed by atoms with Gasteiger partial charge >= 0.3 is 0 Å². The molecule has 1 saturated heterocycles. The maximum Gasteiger partial charge on any atom is 0.251 e. The molecule has 0 aliphatic carbocycles. The Hall–Kier alpha value is -3.56. The Balaban J connectivity index is 0.00000274. The van der Waals surface area contributed by atoms with Crippen LogP contribution in [0.3, 0.4) is 0 Å². The Morgan fingerprint density at radius 2 is 2.03 bits per heavy atom. The third kappa shape index (κ3) is 4.71. The van der Waals surface area contributed by atoms with Crippen molar-refractivity contribution >= 4 is 35.2 Å². The molecule has 2 aromatic heterocycles. The van der Waals surface area contributed by atoms with Gasteiger partial charge in [-0.25, -0.2) is 19.0 Å². The summed E-state index contributed by atoms with van der Waals surface area (Å²) in [5, 5.41) is 11.8. The number of nitrogens with one attached hydrogen (secondary N) is 2. The molecule has 176 valence electrons. The zero-order valence-corrected chi connectivity index (χ0v) is 19.2. The summed E-state index contributed by atoms with van der Waals surface area (Å²) in [5.41, 5.74) is 9.65. The molecule has 1 amide bonds. The number of fused-ring (bicyclic) bond motifs is 1. The topological polar surface area (TPSA) is 111 Å². The molecule has 1 fully saturated rings. The molecular weight excluding hydrogens is 457 g/mol. The molecule has 34 heavy (non-hydrogen) atoms. The summed E-state index contributed by atoms with van der Waals surface area (Å²) in [7, 11) is 0. The number of hydrogen-bond donors (Lipinski definition) is 3. The molecule has 0 unspecified atom stereocenters. The second kappa shape index (κ2) is 10.1. The third-order valence-electron chi connectivity index (χ3n) is 5.90. The number of anilines is 1. The number of amides is 1. The van der Waals surface area contributed by atoms with Crippen molar-refractivity contribution in [3.63, 3.8) is 0 Å². The molecular formula is C24H25ClFN7O. The first-order valence-electron chi connectivity index (χ1n) is 10.9. The van der Waals surface area contributed by atoms with E-state index in [0.717, 1.165) is 37.1 Å². The number of rotatable bonds is 5. The Morgan fingerprint density at radius 3 is 2.79 bits per heavy atom. The molecule has 0 spiro atoms. The van der Waals surface area contributed by atoms with E-state index >= 15 is 0 Å². The van der Waals surface area contributed by atoms with Crippen LogP contribution in [0.4, 0.5) is 10.2 Å². The molecule has 4 aromatic rings. The molecule has 0 radical (unpaired) electrons. The van der Waals surface area contributed by atoms with Gasteiger partial charge in [-0.2, -0.15) is 5.10 Å². The molecule has 1 atom stereocenters. The summed E-state index contributed by atoms with van der Waals surface area (Å²) in [6, 6.07) is 13.5. The molecule has 5 rings (SSSR count). The normalized spacial score (nSPS) is 15.6. The van der Waals surface area contributed by atoms with Gasteiger partial charge in [0.2, 0.25) is 0 Å². The fraction of sp³-hybridized carbons (Fsp3) is 0.250. The summed E-state index contributed by atoms with van der Waals surface area (Å²) in [5.74, 6) is -0.182. The number of carbonyl (C=O) groups excluding carboxylic acids is 1. The van der Waals surface area contributed by atoms with Crippen LogP contribution >= 0.6 is 12.4 Å². The van der Waals surface area contributed by atoms with Crippen molar-refractivity contribution in [1.29, 1.82) is 0 Å². The van der Waals surface area contributed by atoms with E-state index in [9.17, 15) is 9.18 Å². The number of halogens is 2. The predicted octanol–water partition coefficient (Wildman–Crippen LogP) is 3.49. The van der Waals surface area contributed by atoms with E-state index in [0.29, 0.717) is 34.7 Å². The van der Waals surface area contributed by atoms with E-state index in [1.165, 1.54) is 18.5 Å². The average molecular weight is 482 g/mol. The SMILES string of the molecule is Cl.Nc1ncnc2c1c(-c1cccc(C(=O)NCc3ccc(F)cc3)c1)nn2[C@@H]1CCCNC1. The standard InChI is InChI=1S/C24H24FN7O.ClH/c25-18-8-6-15(7-9-18)12-28-24(33)17-4-1-3-16(11-17)21-20-22(26)29-14-30-23(20)32(31-21)19-5-2-10-27-13-19;/h1,3-4,6-9,11,14,19,27H,2,5,10,12-13H2,(H,28,33)(H2,26,29,30);1H/t19-;/m1./s1. The van der Waals surface area contributed by atoms with Crippen molar-refractivity contribution in [2.24, 2.45) is 0 Å². The highest BCUT2D eigenvalue weighted by Crippen LogP contribution is 2.33. The van der Waals surface area contributed by atoms with Gasteiger partial charge in [-0.05, 0) is 49.2 Å². The van der Waals surface area contributed by atoms with Crippen LogP contribution < -0.4 is 16.4 Å². The van der Waals surface area contributed by atoms with Gasteiger partial charge in [0.15, 0.2) is 5.65 Å². The highest BCUT2D eigenvalue weighted by Gasteiger charge is 2.23. The lowest BCUT2D eigenvalue weighted by Gasteiger charge is -2.23. The first-order chi connectivity index (χ1) is 16.1. The summed E-state index contributed by atoms with van der Waals surface area (Å²) in [4.78, 5) is 21.4. The van der Waals surface area contributed by atoms with Crippen LogP contribution in [0.25, 0.3) is 22.3 Å². The minimum absolute atomic E-state index is 0. The van der Waals surface area contributed by atoms with Crippen molar-refractivity contribution in [3.8, 4) is 11.3 Å². The number of benzene rings is 2. The second-order valence-corrected chi connectivity index (χ2v) is 8.14. The molecule has 4 N–H and O–H groups in total. The van der Waals surface area contributed by atoms with Gasteiger partial charge in [-0.3, -0.25) is 4.79 Å². The van der Waals surface area contributed by atoms with Crippen molar-refractivity contribution < 1.29 is 9.18 Å². The fourth-order valence-electron chi connectivity index (χ4n) is 4.19. The molecule has 0 saturated carbocycles. The maximum absolute atomic E-state index is 13.1. The lowest BCUT2D eigenvalue weighted by atomic mass is 10.1. The molecule has 3 heterocycles. The van der Waals surface area contributed by atoms with Gasteiger partial charge < -0.3 is 16.4 Å². The average Bonchev–Trinajstić information content (AvgIpc) is 3.25. The number of nitrogens with zero attached hydrogens (tertiary/aromatic N) is 4. The van der Waals surface area contributed by atoms with Crippen molar-refractivity contribution in [2.75, 3.05) is 18.8 Å². The Kier molecular flexibility index (Phi) is 7.04. The smallest absolute Gasteiger partial charge is 0.251 e. The molecule has 8 nitrogen and oxygen atoms in total. The molecule has 1 aliphatic rings. The van der Waals surface area contributed by atoms with Crippen molar-refractivity contribution in [3.05, 3.63) is 71.8 Å². The predicted molar refractivity (Wildman–Crippen MR) is 131 cm³/mol. The number of hydrogen-bond acceptors (Lipinski definition) is 6. The monoisotopic (exact) mass is 481 g/mol. The summed E-state index contributed by atoms with van der Waals surface area (Å²) in [6.45, 7) is 2.11. The summed E-state index contributed by atoms with van der Waals surface area (Å²) >= 11 is 0. The second-order valence-electron chi connectivity index (χ2n) is 8.14. The number of nitrogen functional groups attached to an aromatic ring is 1. The van der Waals surface area contributed by atoms with Crippen molar-refractivity contribution in [2.45, 2.75) is 25.4 Å². The Bertz CT molecular complexity index is 1300. The highest BCUT2D eigenvalue weighted by atomic mass is 35.5. The van der Waals surface area contributed by atoms with Crippen LogP contribution in [-0.4, -0.2) is 38.7 Å². The van der Waals surface area contributed by atoms with Crippen LogP contribution in [0.5, 0.6) is 0 Å². The number of nitrogens with two attached hydrogens (primary N) is 1. The van der Waals surface area contributed by atoms with Crippen LogP contribution in [0, 0.1) is 5.82 Å². The molecule has 2 aromatic carbocycles.